The smallest absolute Gasteiger partial charge is 0.253 e. The summed E-state index contributed by atoms with van der Waals surface area (Å²) in [5.41, 5.74) is 7.47. The normalized spacial score (nSPS) is 15.5. The van der Waals surface area contributed by atoms with Crippen LogP contribution in [-0.4, -0.2) is 55.5 Å². The van der Waals surface area contributed by atoms with Crippen molar-refractivity contribution in [3.63, 3.8) is 0 Å². The molecule has 0 radical (unpaired) electrons. The number of rotatable bonds is 4. The summed E-state index contributed by atoms with van der Waals surface area (Å²) in [6, 6.07) is 13.3. The first-order valence-corrected chi connectivity index (χ1v) is 10.0. The monoisotopic (exact) mass is 386 g/mol. The van der Waals surface area contributed by atoms with Crippen LogP contribution < -0.4 is 5.73 Å². The highest BCUT2D eigenvalue weighted by Crippen LogP contribution is 2.19. The fourth-order valence-electron chi connectivity index (χ4n) is 2.97. The maximum Gasteiger partial charge on any atom is 0.253 e. The molecule has 1 amide bonds. The van der Waals surface area contributed by atoms with E-state index < -0.39 is 10.0 Å². The molecule has 8 heteroatoms. The summed E-state index contributed by atoms with van der Waals surface area (Å²) in [5.74, 6) is -0.207. The first kappa shape index (κ1) is 19.1. The second-order valence-corrected chi connectivity index (χ2v) is 8.44. The summed E-state index contributed by atoms with van der Waals surface area (Å²) < 4.78 is 26.9. The fraction of sp³-hybridized carbons (Fsp3) is 0.263. The van der Waals surface area contributed by atoms with Gasteiger partial charge in [-0.25, -0.2) is 8.42 Å². The first-order chi connectivity index (χ1) is 12.8. The lowest BCUT2D eigenvalue weighted by Gasteiger charge is -2.34. The Kier molecular flexibility index (Phi) is 5.29. The molecule has 1 aliphatic heterocycles. The molecule has 1 heterocycles. The highest BCUT2D eigenvalue weighted by molar-refractivity contribution is 7.89. The van der Waals surface area contributed by atoms with Gasteiger partial charge in [-0.1, -0.05) is 29.8 Å². The predicted octanol–water partition coefficient (Wildman–Crippen LogP) is 1.43. The summed E-state index contributed by atoms with van der Waals surface area (Å²) in [4.78, 5) is 14.5. The van der Waals surface area contributed by atoms with E-state index in [2.05, 4.69) is 0 Å². The standard InChI is InChI=1S/C19H22N4O3S/c1-14-2-8-17(9-3-14)27(25,26)23-12-10-22(11-13-23)19(24)16-6-4-15(5-7-16)18(20)21/h2-9H,10-13H2,1H3,(H3,20,21). The molecule has 1 saturated heterocycles. The number of benzene rings is 2. The Balaban J connectivity index is 1.66. The number of amidine groups is 1. The molecule has 27 heavy (non-hydrogen) atoms. The summed E-state index contributed by atoms with van der Waals surface area (Å²) in [5, 5.41) is 7.39. The average molecular weight is 386 g/mol. The van der Waals surface area contributed by atoms with Crippen molar-refractivity contribution >= 4 is 21.8 Å². The van der Waals surface area contributed by atoms with E-state index in [9.17, 15) is 13.2 Å². The minimum Gasteiger partial charge on any atom is -0.384 e. The number of piperazine rings is 1. The van der Waals surface area contributed by atoms with Gasteiger partial charge in [0.05, 0.1) is 4.90 Å². The van der Waals surface area contributed by atoms with E-state index in [0.29, 0.717) is 24.2 Å². The van der Waals surface area contributed by atoms with Gasteiger partial charge in [-0.3, -0.25) is 10.2 Å². The molecule has 3 rings (SSSR count). The number of nitrogens with two attached hydrogens (primary N) is 1. The maximum absolute atomic E-state index is 12.7. The SMILES string of the molecule is Cc1ccc(S(=O)(=O)N2CCN(C(=O)c3ccc(C(=N)N)cc3)CC2)cc1. The number of hydrogen-bond acceptors (Lipinski definition) is 4. The molecule has 142 valence electrons. The van der Waals surface area contributed by atoms with E-state index in [1.807, 2.05) is 6.92 Å². The van der Waals surface area contributed by atoms with E-state index in [1.54, 1.807) is 53.4 Å². The largest absolute Gasteiger partial charge is 0.384 e. The van der Waals surface area contributed by atoms with E-state index in [1.165, 1.54) is 4.31 Å². The fourth-order valence-corrected chi connectivity index (χ4v) is 4.39. The van der Waals surface area contributed by atoms with Crippen LogP contribution >= 0.6 is 0 Å². The molecule has 3 N–H and O–H groups in total. The number of nitrogens with zero attached hydrogens (tertiary/aromatic N) is 2. The van der Waals surface area contributed by atoms with Crippen molar-refractivity contribution in [3.05, 3.63) is 65.2 Å². The van der Waals surface area contributed by atoms with E-state index >= 15 is 0 Å². The Morgan fingerprint density at radius 1 is 0.926 bits per heavy atom. The summed E-state index contributed by atoms with van der Waals surface area (Å²) in [7, 11) is -3.55. The Labute approximate surface area is 159 Å². The molecule has 0 unspecified atom stereocenters. The molecule has 2 aromatic rings. The van der Waals surface area contributed by atoms with Gasteiger partial charge in [-0.2, -0.15) is 4.31 Å². The zero-order valence-electron chi connectivity index (χ0n) is 15.1. The molecule has 0 spiro atoms. The molecule has 0 saturated carbocycles. The van der Waals surface area contributed by atoms with E-state index in [4.69, 9.17) is 11.1 Å². The third kappa shape index (κ3) is 4.01. The van der Waals surface area contributed by atoms with E-state index in [-0.39, 0.29) is 29.7 Å². The van der Waals surface area contributed by atoms with Crippen LogP contribution in [0.1, 0.15) is 21.5 Å². The number of amides is 1. The lowest BCUT2D eigenvalue weighted by molar-refractivity contribution is 0.0698. The van der Waals surface area contributed by atoms with Gasteiger partial charge in [-0.05, 0) is 31.2 Å². The topological polar surface area (TPSA) is 108 Å². The van der Waals surface area contributed by atoms with Crippen LogP contribution in [0, 0.1) is 12.3 Å². The molecule has 7 nitrogen and oxygen atoms in total. The van der Waals surface area contributed by atoms with Gasteiger partial charge in [0.1, 0.15) is 5.84 Å². The van der Waals surface area contributed by atoms with Crippen molar-refractivity contribution in [1.82, 2.24) is 9.21 Å². The first-order valence-electron chi connectivity index (χ1n) is 8.59. The van der Waals surface area contributed by atoms with Crippen LogP contribution in [0.25, 0.3) is 0 Å². The Morgan fingerprint density at radius 2 is 1.44 bits per heavy atom. The number of sulfonamides is 1. The number of hydrogen-bond donors (Lipinski definition) is 2. The van der Waals surface area contributed by atoms with Crippen LogP contribution in [0.2, 0.25) is 0 Å². The second kappa shape index (κ2) is 7.50. The van der Waals surface area contributed by atoms with Crippen LogP contribution in [0.3, 0.4) is 0 Å². The molecule has 0 aromatic heterocycles. The van der Waals surface area contributed by atoms with Crippen molar-refractivity contribution in [2.24, 2.45) is 5.73 Å². The van der Waals surface area contributed by atoms with E-state index in [0.717, 1.165) is 5.56 Å². The minimum absolute atomic E-state index is 0.0519. The highest BCUT2D eigenvalue weighted by atomic mass is 32.2. The van der Waals surface area contributed by atoms with Gasteiger partial charge in [0, 0.05) is 37.3 Å². The molecule has 0 atom stereocenters. The number of nitrogen functional groups attached to an aromatic ring is 1. The maximum atomic E-state index is 12.7. The summed E-state index contributed by atoms with van der Waals surface area (Å²) in [6.45, 7) is 3.08. The van der Waals surface area contributed by atoms with Crippen molar-refractivity contribution in [3.8, 4) is 0 Å². The number of carbonyl (C=O) groups excluding carboxylic acids is 1. The Morgan fingerprint density at radius 3 is 1.96 bits per heavy atom. The predicted molar refractivity (Wildman–Crippen MR) is 103 cm³/mol. The average Bonchev–Trinajstić information content (AvgIpc) is 2.68. The quantitative estimate of drug-likeness (QED) is 0.612. The zero-order valence-corrected chi connectivity index (χ0v) is 15.9. The summed E-state index contributed by atoms with van der Waals surface area (Å²) in [6.07, 6.45) is 0. The van der Waals surface area contributed by atoms with Gasteiger partial charge in [0.25, 0.3) is 5.91 Å². The Hall–Kier alpha value is -2.71. The third-order valence-electron chi connectivity index (χ3n) is 4.63. The van der Waals surface area contributed by atoms with Gasteiger partial charge < -0.3 is 10.6 Å². The lowest BCUT2D eigenvalue weighted by atomic mass is 10.1. The zero-order chi connectivity index (χ0) is 19.6. The number of aryl methyl sites for hydroxylation is 1. The van der Waals surface area contributed by atoms with Crippen molar-refractivity contribution in [2.75, 3.05) is 26.2 Å². The van der Waals surface area contributed by atoms with Crippen LogP contribution in [0.15, 0.2) is 53.4 Å². The highest BCUT2D eigenvalue weighted by Gasteiger charge is 2.30. The summed E-state index contributed by atoms with van der Waals surface area (Å²) >= 11 is 0. The molecule has 2 aromatic carbocycles. The van der Waals surface area contributed by atoms with Crippen molar-refractivity contribution in [2.45, 2.75) is 11.8 Å². The lowest BCUT2D eigenvalue weighted by Crippen LogP contribution is -2.50. The van der Waals surface area contributed by atoms with Gasteiger partial charge in [-0.15, -0.1) is 0 Å². The Bertz CT molecular complexity index is 945. The van der Waals surface area contributed by atoms with Crippen LogP contribution in [0.5, 0.6) is 0 Å². The van der Waals surface area contributed by atoms with Crippen molar-refractivity contribution in [1.29, 1.82) is 5.41 Å². The number of carbonyl (C=O) groups is 1. The number of nitrogens with one attached hydrogen (secondary N) is 1. The second-order valence-electron chi connectivity index (χ2n) is 6.50. The van der Waals surface area contributed by atoms with Crippen LogP contribution in [-0.2, 0) is 10.0 Å². The molecular formula is C19H22N4O3S. The van der Waals surface area contributed by atoms with Gasteiger partial charge in [0.15, 0.2) is 0 Å². The van der Waals surface area contributed by atoms with Crippen LogP contribution in [0.4, 0.5) is 0 Å². The van der Waals surface area contributed by atoms with Crippen molar-refractivity contribution < 1.29 is 13.2 Å². The molecular weight excluding hydrogens is 364 g/mol. The molecule has 1 fully saturated rings. The molecule has 1 aliphatic rings. The molecule has 0 aliphatic carbocycles. The molecule has 0 bridgehead atoms. The van der Waals surface area contributed by atoms with Gasteiger partial charge >= 0.3 is 0 Å². The van der Waals surface area contributed by atoms with Gasteiger partial charge in [0.2, 0.25) is 10.0 Å². The third-order valence-corrected chi connectivity index (χ3v) is 6.54. The minimum atomic E-state index is -3.55.